The van der Waals surface area contributed by atoms with Crippen LogP contribution in [0.1, 0.15) is 69.8 Å². The Balaban J connectivity index is 1.42. The molecule has 32 heavy (non-hydrogen) atoms. The third kappa shape index (κ3) is 8.02. The molecule has 3 rings (SSSR count). The first-order chi connectivity index (χ1) is 15.3. The maximum atomic E-state index is 12.5. The Labute approximate surface area is 188 Å². The van der Waals surface area contributed by atoms with Gasteiger partial charge in [-0.25, -0.2) is 0 Å². The van der Waals surface area contributed by atoms with Gasteiger partial charge in [-0.3, -0.25) is 9.53 Å². The highest BCUT2D eigenvalue weighted by molar-refractivity contribution is 5.75. The van der Waals surface area contributed by atoms with Crippen LogP contribution in [0.3, 0.4) is 0 Å². The highest BCUT2D eigenvalue weighted by Crippen LogP contribution is 2.33. The van der Waals surface area contributed by atoms with E-state index in [4.69, 9.17) is 4.74 Å². The van der Waals surface area contributed by atoms with Gasteiger partial charge in [0.2, 0.25) is 0 Å². The molecule has 0 radical (unpaired) electrons. The lowest BCUT2D eigenvalue weighted by molar-refractivity contribution is -0.345. The fraction of sp³-hybridized carbons (Fsp3) is 0.577. The first kappa shape index (κ1) is 24.4. The highest BCUT2D eigenvalue weighted by atomic mass is 19.4. The number of carbonyl (C=O) groups is 1. The first-order valence-electron chi connectivity index (χ1n) is 11.5. The molecule has 0 aliphatic heterocycles. The zero-order valence-electron chi connectivity index (χ0n) is 18.3. The average Bonchev–Trinajstić information content (AvgIpc) is 2.77. The maximum absolute atomic E-state index is 12.5. The van der Waals surface area contributed by atoms with E-state index < -0.39 is 12.5 Å². The van der Waals surface area contributed by atoms with Gasteiger partial charge in [-0.2, -0.15) is 0 Å². The summed E-state index contributed by atoms with van der Waals surface area (Å²) in [7, 11) is 0. The normalized spacial score (nSPS) is 26.0. The van der Waals surface area contributed by atoms with E-state index in [1.165, 1.54) is 0 Å². The number of alkyl halides is 3. The largest absolute Gasteiger partial charge is 0.522 e. The van der Waals surface area contributed by atoms with E-state index in [-0.39, 0.29) is 17.8 Å². The fourth-order valence-corrected chi connectivity index (χ4v) is 4.55. The lowest BCUT2D eigenvalue weighted by atomic mass is 9.80. The van der Waals surface area contributed by atoms with Crippen LogP contribution in [0.25, 0.3) is 0 Å². The van der Waals surface area contributed by atoms with E-state index in [2.05, 4.69) is 23.2 Å². The summed E-state index contributed by atoms with van der Waals surface area (Å²) >= 11 is 0. The van der Waals surface area contributed by atoms with Crippen molar-refractivity contribution in [2.75, 3.05) is 0 Å². The standard InChI is InChI=1S/C26H31F3O3/c1-2-3-4-19-7-13-22(14-8-19)25(30)31-23-15-9-20(10-16-23)5-6-21-11-17-24(18-12-21)32-26(27,28)29/h2,9-10,15-16,19,21-22,24H,1,3-4,7-8,11-14,17-18H2/t19-,21-,22-,24-. The van der Waals surface area contributed by atoms with Gasteiger partial charge in [0.1, 0.15) is 5.75 Å². The van der Waals surface area contributed by atoms with Crippen molar-refractivity contribution in [3.05, 3.63) is 42.5 Å². The Hall–Kier alpha value is -2.26. The molecule has 0 bridgehead atoms. The number of halogens is 3. The summed E-state index contributed by atoms with van der Waals surface area (Å²) in [6, 6.07) is 7.10. The van der Waals surface area contributed by atoms with Crippen LogP contribution in [0.15, 0.2) is 36.9 Å². The van der Waals surface area contributed by atoms with Gasteiger partial charge in [-0.15, -0.1) is 19.8 Å². The van der Waals surface area contributed by atoms with Crippen molar-refractivity contribution < 1.29 is 27.4 Å². The number of benzene rings is 1. The van der Waals surface area contributed by atoms with Crippen LogP contribution in [0.5, 0.6) is 5.75 Å². The second kappa shape index (κ2) is 11.6. The van der Waals surface area contributed by atoms with E-state index in [1.54, 1.807) is 24.3 Å². The van der Waals surface area contributed by atoms with Crippen LogP contribution in [0, 0.1) is 29.6 Å². The van der Waals surface area contributed by atoms with Gasteiger partial charge in [-0.1, -0.05) is 17.9 Å². The van der Waals surface area contributed by atoms with Gasteiger partial charge in [0.25, 0.3) is 0 Å². The molecular weight excluding hydrogens is 417 g/mol. The van der Waals surface area contributed by atoms with Gasteiger partial charge in [0.05, 0.1) is 12.0 Å². The molecule has 0 spiro atoms. The number of ether oxygens (including phenoxy) is 2. The summed E-state index contributed by atoms with van der Waals surface area (Å²) in [4.78, 5) is 12.5. The molecule has 0 saturated heterocycles. The molecule has 1 aromatic rings. The molecule has 2 aliphatic carbocycles. The quantitative estimate of drug-likeness (QED) is 0.208. The lowest BCUT2D eigenvalue weighted by Crippen LogP contribution is -2.27. The average molecular weight is 449 g/mol. The Bertz CT molecular complexity index is 803. The summed E-state index contributed by atoms with van der Waals surface area (Å²) < 4.78 is 46.6. The van der Waals surface area contributed by atoms with Gasteiger partial charge < -0.3 is 4.74 Å². The molecule has 3 nitrogen and oxygen atoms in total. The molecule has 2 aliphatic rings. The molecule has 2 fully saturated rings. The minimum Gasteiger partial charge on any atom is -0.426 e. The number of hydrogen-bond acceptors (Lipinski definition) is 3. The van der Waals surface area contributed by atoms with Crippen molar-refractivity contribution in [3.63, 3.8) is 0 Å². The number of carbonyl (C=O) groups excluding carboxylic acids is 1. The monoisotopic (exact) mass is 448 g/mol. The molecule has 0 heterocycles. The SMILES string of the molecule is C=CCC[C@H]1CC[C@H](C(=O)Oc2ccc(C#C[C@H]3CC[C@H](OC(F)(F)F)CC3)cc2)CC1. The molecule has 1 aromatic carbocycles. The Morgan fingerprint density at radius 3 is 2.28 bits per heavy atom. The van der Waals surface area contributed by atoms with E-state index in [1.807, 2.05) is 6.08 Å². The molecule has 0 unspecified atom stereocenters. The van der Waals surface area contributed by atoms with E-state index in [9.17, 15) is 18.0 Å². The molecule has 0 aromatic heterocycles. The van der Waals surface area contributed by atoms with Crippen LogP contribution in [-0.2, 0) is 9.53 Å². The predicted octanol–water partition coefficient (Wildman–Crippen LogP) is 6.81. The highest BCUT2D eigenvalue weighted by Gasteiger charge is 2.35. The van der Waals surface area contributed by atoms with Crippen molar-refractivity contribution in [3.8, 4) is 17.6 Å². The molecule has 2 saturated carbocycles. The van der Waals surface area contributed by atoms with E-state index in [0.717, 1.165) is 44.1 Å². The minimum absolute atomic E-state index is 0.0362. The minimum atomic E-state index is -4.57. The third-order valence-electron chi connectivity index (χ3n) is 6.43. The van der Waals surface area contributed by atoms with Crippen molar-refractivity contribution in [2.24, 2.45) is 17.8 Å². The maximum Gasteiger partial charge on any atom is 0.522 e. The van der Waals surface area contributed by atoms with Crippen LogP contribution in [0.2, 0.25) is 0 Å². The Morgan fingerprint density at radius 2 is 1.69 bits per heavy atom. The van der Waals surface area contributed by atoms with Crippen LogP contribution in [0.4, 0.5) is 13.2 Å². The zero-order chi connectivity index (χ0) is 23.0. The summed E-state index contributed by atoms with van der Waals surface area (Å²) in [6.07, 6.45) is 4.60. The summed E-state index contributed by atoms with van der Waals surface area (Å²) in [5, 5.41) is 0. The third-order valence-corrected chi connectivity index (χ3v) is 6.43. The fourth-order valence-electron chi connectivity index (χ4n) is 4.55. The van der Waals surface area contributed by atoms with Gasteiger partial charge in [0, 0.05) is 11.5 Å². The lowest BCUT2D eigenvalue weighted by Gasteiger charge is -2.26. The van der Waals surface area contributed by atoms with Gasteiger partial charge in [0.15, 0.2) is 0 Å². The second-order valence-corrected chi connectivity index (χ2v) is 8.84. The van der Waals surface area contributed by atoms with E-state index >= 15 is 0 Å². The molecule has 174 valence electrons. The van der Waals surface area contributed by atoms with Gasteiger partial charge >= 0.3 is 12.3 Å². The van der Waals surface area contributed by atoms with Gasteiger partial charge in [-0.05, 0) is 94.4 Å². The number of hydrogen-bond donors (Lipinski definition) is 0. The van der Waals surface area contributed by atoms with Crippen molar-refractivity contribution in [1.82, 2.24) is 0 Å². The Kier molecular flexibility index (Phi) is 8.81. The first-order valence-corrected chi connectivity index (χ1v) is 11.5. The van der Waals surface area contributed by atoms with Crippen LogP contribution < -0.4 is 4.74 Å². The zero-order valence-corrected chi connectivity index (χ0v) is 18.3. The number of allylic oxidation sites excluding steroid dienone is 1. The predicted molar refractivity (Wildman–Crippen MR) is 117 cm³/mol. The summed E-state index contributed by atoms with van der Waals surface area (Å²) in [5.74, 6) is 7.30. The number of rotatable bonds is 6. The molecule has 0 amide bonds. The molecule has 0 atom stereocenters. The van der Waals surface area contributed by atoms with Crippen LogP contribution >= 0.6 is 0 Å². The summed E-state index contributed by atoms with van der Waals surface area (Å²) in [5.41, 5.74) is 0.793. The van der Waals surface area contributed by atoms with Crippen molar-refractivity contribution >= 4 is 5.97 Å². The molecule has 6 heteroatoms. The molecular formula is C26H31F3O3. The van der Waals surface area contributed by atoms with Crippen molar-refractivity contribution in [1.29, 1.82) is 0 Å². The smallest absolute Gasteiger partial charge is 0.426 e. The number of esters is 1. The molecule has 0 N–H and O–H groups in total. The Morgan fingerprint density at radius 1 is 1.03 bits per heavy atom. The van der Waals surface area contributed by atoms with Crippen molar-refractivity contribution in [2.45, 2.75) is 76.7 Å². The second-order valence-electron chi connectivity index (χ2n) is 8.84. The topological polar surface area (TPSA) is 35.5 Å². The van der Waals surface area contributed by atoms with E-state index in [0.29, 0.717) is 37.4 Å². The summed E-state index contributed by atoms with van der Waals surface area (Å²) in [6.45, 7) is 3.77. The van der Waals surface area contributed by atoms with Crippen LogP contribution in [-0.4, -0.2) is 18.4 Å².